The molecule has 1 heterocycles. The van der Waals surface area contributed by atoms with E-state index in [2.05, 4.69) is 0 Å². The predicted octanol–water partition coefficient (Wildman–Crippen LogP) is 4.38. The Labute approximate surface area is 107 Å². The van der Waals surface area contributed by atoms with E-state index in [0.717, 1.165) is 4.21 Å². The second-order valence-corrected chi connectivity index (χ2v) is 5.81. The van der Waals surface area contributed by atoms with Crippen molar-refractivity contribution in [1.82, 2.24) is 0 Å². The third-order valence-electron chi connectivity index (χ3n) is 1.99. The van der Waals surface area contributed by atoms with E-state index in [1.54, 1.807) is 47.4 Å². The fourth-order valence-electron chi connectivity index (χ4n) is 1.23. The number of thioether (sulfide) groups is 1. The summed E-state index contributed by atoms with van der Waals surface area (Å²) in [6, 6.07) is 11.1. The Morgan fingerprint density at radius 1 is 1.31 bits per heavy atom. The number of hydrogen-bond acceptors (Lipinski definition) is 3. The lowest BCUT2D eigenvalue weighted by molar-refractivity contribution is 0.102. The summed E-state index contributed by atoms with van der Waals surface area (Å²) in [7, 11) is 0. The minimum absolute atomic E-state index is 0.112. The topological polar surface area (TPSA) is 17.1 Å². The van der Waals surface area contributed by atoms with Crippen molar-refractivity contribution in [2.45, 2.75) is 4.21 Å². The molecule has 0 radical (unpaired) electrons. The van der Waals surface area contributed by atoms with Crippen molar-refractivity contribution in [1.29, 1.82) is 0 Å². The molecule has 0 N–H and O–H groups in total. The molecule has 82 valence electrons. The molecule has 0 aliphatic heterocycles. The van der Waals surface area contributed by atoms with Gasteiger partial charge in [0.25, 0.3) is 0 Å². The number of ketones is 1. The van der Waals surface area contributed by atoms with Crippen molar-refractivity contribution in [2.75, 3.05) is 5.75 Å². The molecule has 0 aliphatic carbocycles. The maximum absolute atomic E-state index is 11.8. The molecule has 0 fully saturated rings. The molecule has 16 heavy (non-hydrogen) atoms. The molecule has 0 spiro atoms. The van der Waals surface area contributed by atoms with Gasteiger partial charge in [0.05, 0.1) is 9.96 Å². The fraction of sp³-hybridized carbons (Fsp3) is 0.0833. The third-order valence-corrected chi connectivity index (χ3v) is 4.35. The summed E-state index contributed by atoms with van der Waals surface area (Å²) in [4.78, 5) is 11.8. The Morgan fingerprint density at radius 2 is 2.19 bits per heavy atom. The van der Waals surface area contributed by atoms with E-state index in [1.807, 2.05) is 17.5 Å². The van der Waals surface area contributed by atoms with Crippen LogP contribution < -0.4 is 0 Å². The number of rotatable bonds is 4. The van der Waals surface area contributed by atoms with Gasteiger partial charge in [-0.05, 0) is 23.6 Å². The van der Waals surface area contributed by atoms with Gasteiger partial charge in [-0.1, -0.05) is 29.8 Å². The van der Waals surface area contributed by atoms with Gasteiger partial charge in [-0.3, -0.25) is 4.79 Å². The monoisotopic (exact) mass is 268 g/mol. The zero-order chi connectivity index (χ0) is 11.4. The molecule has 1 aromatic heterocycles. The van der Waals surface area contributed by atoms with Crippen LogP contribution in [-0.4, -0.2) is 11.5 Å². The molecule has 1 aromatic carbocycles. The third kappa shape index (κ3) is 3.11. The maximum Gasteiger partial charge on any atom is 0.173 e. The summed E-state index contributed by atoms with van der Waals surface area (Å²) < 4.78 is 1.16. The van der Waals surface area contributed by atoms with Gasteiger partial charge in [0, 0.05) is 10.6 Å². The van der Waals surface area contributed by atoms with Crippen LogP contribution in [0.1, 0.15) is 10.4 Å². The lowest BCUT2D eigenvalue weighted by atomic mass is 10.1. The van der Waals surface area contributed by atoms with Gasteiger partial charge in [0.15, 0.2) is 5.78 Å². The number of hydrogen-bond donors (Lipinski definition) is 0. The first-order chi connectivity index (χ1) is 7.75. The van der Waals surface area contributed by atoms with Crippen LogP contribution in [0, 0.1) is 0 Å². The van der Waals surface area contributed by atoms with E-state index < -0.39 is 0 Å². The highest BCUT2D eigenvalue weighted by atomic mass is 35.5. The Kier molecular flexibility index (Phi) is 4.04. The summed E-state index contributed by atoms with van der Waals surface area (Å²) in [6.07, 6.45) is 0. The standard InChI is InChI=1S/C12H9ClOS2/c13-10-4-1-3-9(7-10)11(14)8-16-12-5-2-6-15-12/h1-7H,8H2. The van der Waals surface area contributed by atoms with Crippen LogP contribution in [0.4, 0.5) is 0 Å². The molecule has 2 aromatic rings. The second kappa shape index (κ2) is 5.53. The molecule has 0 saturated heterocycles. The number of carbonyl (C=O) groups is 1. The van der Waals surface area contributed by atoms with E-state index in [0.29, 0.717) is 16.3 Å². The molecule has 1 nitrogen and oxygen atoms in total. The van der Waals surface area contributed by atoms with Gasteiger partial charge in [-0.25, -0.2) is 0 Å². The number of halogens is 1. The van der Waals surface area contributed by atoms with E-state index in [4.69, 9.17) is 11.6 Å². The van der Waals surface area contributed by atoms with Gasteiger partial charge >= 0.3 is 0 Å². The van der Waals surface area contributed by atoms with Crippen LogP contribution in [0.2, 0.25) is 5.02 Å². The molecule has 2 rings (SSSR count). The summed E-state index contributed by atoms with van der Waals surface area (Å²) in [5.74, 6) is 0.571. The highest BCUT2D eigenvalue weighted by Gasteiger charge is 2.07. The zero-order valence-electron chi connectivity index (χ0n) is 8.35. The zero-order valence-corrected chi connectivity index (χ0v) is 10.7. The molecular weight excluding hydrogens is 260 g/mol. The maximum atomic E-state index is 11.8. The highest BCUT2D eigenvalue weighted by molar-refractivity contribution is 8.01. The second-order valence-electron chi connectivity index (χ2n) is 3.15. The lowest BCUT2D eigenvalue weighted by Gasteiger charge is -2.00. The minimum atomic E-state index is 0.112. The van der Waals surface area contributed by atoms with Gasteiger partial charge in [0.1, 0.15) is 0 Å². The number of thiophene rings is 1. The smallest absolute Gasteiger partial charge is 0.173 e. The molecule has 4 heteroatoms. The van der Waals surface area contributed by atoms with Crippen molar-refractivity contribution in [3.63, 3.8) is 0 Å². The van der Waals surface area contributed by atoms with E-state index >= 15 is 0 Å². The normalized spacial score (nSPS) is 10.3. The average molecular weight is 269 g/mol. The molecule has 0 saturated carbocycles. The Balaban J connectivity index is 1.98. The van der Waals surface area contributed by atoms with Crippen LogP contribution in [0.3, 0.4) is 0 Å². The first-order valence-corrected chi connectivity index (χ1v) is 6.95. The Hall–Kier alpha value is -0.770. The molecular formula is C12H9ClOS2. The van der Waals surface area contributed by atoms with E-state index in [-0.39, 0.29) is 5.78 Å². The van der Waals surface area contributed by atoms with Crippen LogP contribution in [0.5, 0.6) is 0 Å². The first kappa shape index (κ1) is 11.7. The van der Waals surface area contributed by atoms with Crippen LogP contribution in [-0.2, 0) is 0 Å². The van der Waals surface area contributed by atoms with E-state index in [1.165, 1.54) is 0 Å². The van der Waals surface area contributed by atoms with Gasteiger partial charge in [0.2, 0.25) is 0 Å². The number of Topliss-reactive ketones (excluding diaryl/α,β-unsaturated/α-hetero) is 1. The minimum Gasteiger partial charge on any atom is -0.293 e. The van der Waals surface area contributed by atoms with Crippen LogP contribution in [0.25, 0.3) is 0 Å². The Bertz CT molecular complexity index is 480. The summed E-state index contributed by atoms with van der Waals surface area (Å²) in [5.41, 5.74) is 0.677. The molecule has 0 bridgehead atoms. The number of carbonyl (C=O) groups excluding carboxylic acids is 1. The lowest BCUT2D eigenvalue weighted by Crippen LogP contribution is -2.01. The molecule has 0 aliphatic rings. The van der Waals surface area contributed by atoms with Crippen molar-refractivity contribution in [2.24, 2.45) is 0 Å². The number of benzene rings is 1. The van der Waals surface area contributed by atoms with Crippen LogP contribution >= 0.6 is 34.7 Å². The quantitative estimate of drug-likeness (QED) is 0.605. The van der Waals surface area contributed by atoms with Gasteiger partial charge in [-0.15, -0.1) is 23.1 Å². The fourth-order valence-corrected chi connectivity index (χ4v) is 3.10. The van der Waals surface area contributed by atoms with E-state index in [9.17, 15) is 4.79 Å². The SMILES string of the molecule is O=C(CSc1cccs1)c1cccc(Cl)c1. The largest absolute Gasteiger partial charge is 0.293 e. The first-order valence-electron chi connectivity index (χ1n) is 4.71. The van der Waals surface area contributed by atoms with Gasteiger partial charge < -0.3 is 0 Å². The van der Waals surface area contributed by atoms with Crippen LogP contribution in [0.15, 0.2) is 46.0 Å². The Morgan fingerprint density at radius 3 is 2.88 bits per heavy atom. The van der Waals surface area contributed by atoms with Crippen molar-refractivity contribution in [3.8, 4) is 0 Å². The summed E-state index contributed by atoms with van der Waals surface area (Å²) in [6.45, 7) is 0. The molecule has 0 amide bonds. The van der Waals surface area contributed by atoms with Crippen molar-refractivity contribution >= 4 is 40.5 Å². The molecule has 0 atom stereocenters. The van der Waals surface area contributed by atoms with Crippen molar-refractivity contribution < 1.29 is 4.79 Å². The summed E-state index contributed by atoms with van der Waals surface area (Å²) in [5, 5.41) is 2.61. The molecule has 0 unspecified atom stereocenters. The average Bonchev–Trinajstić information content (AvgIpc) is 2.78. The van der Waals surface area contributed by atoms with Gasteiger partial charge in [-0.2, -0.15) is 0 Å². The highest BCUT2D eigenvalue weighted by Crippen LogP contribution is 2.24. The predicted molar refractivity (Wildman–Crippen MR) is 70.8 cm³/mol. The summed E-state index contributed by atoms with van der Waals surface area (Å²) >= 11 is 9.04. The van der Waals surface area contributed by atoms with Crippen molar-refractivity contribution in [3.05, 3.63) is 52.4 Å².